The van der Waals surface area contributed by atoms with E-state index in [1.165, 1.54) is 54.9 Å². The van der Waals surface area contributed by atoms with E-state index in [9.17, 15) is 0 Å². The van der Waals surface area contributed by atoms with Crippen molar-refractivity contribution in [1.82, 2.24) is 19.1 Å². The summed E-state index contributed by atoms with van der Waals surface area (Å²) < 4.78 is 4.73. The molecule has 0 aliphatic rings. The van der Waals surface area contributed by atoms with E-state index in [-0.39, 0.29) is 0 Å². The van der Waals surface area contributed by atoms with Gasteiger partial charge in [0, 0.05) is 49.6 Å². The maximum atomic E-state index is 5.06. The van der Waals surface area contributed by atoms with Gasteiger partial charge >= 0.3 is 0 Å². The maximum absolute atomic E-state index is 5.06. The Morgan fingerprint density at radius 3 is 1.16 bits per heavy atom. The minimum Gasteiger partial charge on any atom is -0.309 e. The molecule has 8 aromatic carbocycles. The summed E-state index contributed by atoms with van der Waals surface area (Å²) in [6, 6.07) is 73.2. The number of nitrogens with zero attached hydrogens (tertiary/aromatic N) is 4. The molecule has 0 N–H and O–H groups in total. The summed E-state index contributed by atoms with van der Waals surface area (Å²) in [7, 11) is 0. The molecule has 56 heavy (non-hydrogen) atoms. The summed E-state index contributed by atoms with van der Waals surface area (Å²) in [5.41, 5.74) is 14.3. The zero-order valence-electron chi connectivity index (χ0n) is 30.4. The molecule has 0 saturated carbocycles. The number of para-hydroxylation sites is 3. The lowest BCUT2D eigenvalue weighted by molar-refractivity contribution is 1.16. The Morgan fingerprint density at radius 1 is 0.268 bits per heavy atom. The van der Waals surface area contributed by atoms with E-state index < -0.39 is 0 Å². The minimum atomic E-state index is 0.701. The third-order valence-electron chi connectivity index (χ3n) is 10.9. The van der Waals surface area contributed by atoms with Crippen LogP contribution in [0.2, 0.25) is 0 Å². The van der Waals surface area contributed by atoms with Crippen molar-refractivity contribution in [3.05, 3.63) is 206 Å². The maximum Gasteiger partial charge on any atom is 0.160 e. The van der Waals surface area contributed by atoms with Crippen LogP contribution >= 0.6 is 0 Å². The molecule has 0 unspecified atom stereocenters. The number of fused-ring (bicyclic) bond motifs is 6. The third kappa shape index (κ3) is 5.31. The molecule has 3 aromatic heterocycles. The van der Waals surface area contributed by atoms with Crippen LogP contribution in [0, 0.1) is 0 Å². The lowest BCUT2D eigenvalue weighted by Crippen LogP contribution is -1.97. The number of hydrogen-bond acceptors (Lipinski definition) is 2. The zero-order chi connectivity index (χ0) is 37.0. The highest BCUT2D eigenvalue weighted by Gasteiger charge is 2.17. The third-order valence-corrected chi connectivity index (χ3v) is 10.9. The van der Waals surface area contributed by atoms with Gasteiger partial charge < -0.3 is 9.13 Å². The second kappa shape index (κ2) is 13.1. The first-order valence-electron chi connectivity index (χ1n) is 19.0. The molecule has 11 aromatic rings. The van der Waals surface area contributed by atoms with Gasteiger partial charge in [-0.05, 0) is 90.0 Å². The Morgan fingerprint density at radius 2 is 0.661 bits per heavy atom. The Balaban J connectivity index is 1.01. The molecule has 0 aliphatic carbocycles. The van der Waals surface area contributed by atoms with Crippen molar-refractivity contribution >= 4 is 43.6 Å². The zero-order valence-corrected chi connectivity index (χ0v) is 30.4. The summed E-state index contributed by atoms with van der Waals surface area (Å²) in [5, 5.41) is 4.95. The van der Waals surface area contributed by atoms with Gasteiger partial charge in [-0.2, -0.15) is 0 Å². The molecule has 4 nitrogen and oxygen atoms in total. The first-order chi connectivity index (χ1) is 27.8. The van der Waals surface area contributed by atoms with Gasteiger partial charge in [-0.25, -0.2) is 9.97 Å². The lowest BCUT2D eigenvalue weighted by atomic mass is 10.0. The Kier molecular flexibility index (Phi) is 7.46. The molecule has 0 spiro atoms. The molecule has 0 aliphatic heterocycles. The monoisotopic (exact) mass is 714 g/mol. The van der Waals surface area contributed by atoms with Crippen LogP contribution in [-0.4, -0.2) is 19.1 Å². The topological polar surface area (TPSA) is 35.6 Å². The van der Waals surface area contributed by atoms with Crippen molar-refractivity contribution in [1.29, 1.82) is 0 Å². The molecule has 11 rings (SSSR count). The van der Waals surface area contributed by atoms with Gasteiger partial charge in [-0.15, -0.1) is 0 Å². The standard InChI is InChI=1S/C52H34N4/c1-4-14-35(15-5-1)46-34-47(36-16-6-2-7-17-36)54-52(53-46)37-24-28-41(29-25-37)56-49-23-13-11-21-43(49)45-33-39(27-31-51(45)56)38-26-30-50-44(32-38)42-20-10-12-22-48(42)55(50)40-18-8-3-9-19-40/h1-34H. The van der Waals surface area contributed by atoms with Crippen molar-refractivity contribution in [3.8, 4) is 56.4 Å². The van der Waals surface area contributed by atoms with Crippen molar-refractivity contribution < 1.29 is 0 Å². The van der Waals surface area contributed by atoms with Crippen molar-refractivity contribution in [3.63, 3.8) is 0 Å². The van der Waals surface area contributed by atoms with E-state index in [1.807, 2.05) is 36.4 Å². The highest BCUT2D eigenvalue weighted by Crippen LogP contribution is 2.38. The number of benzene rings is 8. The SMILES string of the molecule is c1ccc(-c2cc(-c3ccccc3)nc(-c3ccc(-n4c5ccccc5c5cc(-c6ccc7c(c6)c6ccccc6n7-c6ccccc6)ccc54)cc3)n2)cc1. The van der Waals surface area contributed by atoms with Crippen LogP contribution in [0.15, 0.2) is 206 Å². The summed E-state index contributed by atoms with van der Waals surface area (Å²) >= 11 is 0. The van der Waals surface area contributed by atoms with Gasteiger partial charge in [0.05, 0.1) is 33.5 Å². The van der Waals surface area contributed by atoms with E-state index in [1.54, 1.807) is 0 Å². The average Bonchev–Trinajstić information content (AvgIpc) is 3.79. The summed E-state index contributed by atoms with van der Waals surface area (Å²) in [5.74, 6) is 0.701. The molecule has 0 fully saturated rings. The van der Waals surface area contributed by atoms with E-state index in [4.69, 9.17) is 9.97 Å². The Hall–Kier alpha value is -7.56. The quantitative estimate of drug-likeness (QED) is 0.172. The van der Waals surface area contributed by atoms with Gasteiger partial charge in [0.15, 0.2) is 5.82 Å². The Bertz CT molecular complexity index is 3160. The largest absolute Gasteiger partial charge is 0.309 e. The fraction of sp³-hybridized carbons (Fsp3) is 0. The molecule has 0 radical (unpaired) electrons. The number of rotatable bonds is 6. The normalized spacial score (nSPS) is 11.6. The van der Waals surface area contributed by atoms with Crippen LogP contribution in [0.3, 0.4) is 0 Å². The van der Waals surface area contributed by atoms with Crippen LogP contribution in [0.25, 0.3) is 100 Å². The number of hydrogen-bond donors (Lipinski definition) is 0. The van der Waals surface area contributed by atoms with Gasteiger partial charge in [-0.3, -0.25) is 0 Å². The second-order valence-corrected chi connectivity index (χ2v) is 14.2. The summed E-state index contributed by atoms with van der Waals surface area (Å²) in [6.45, 7) is 0. The summed E-state index contributed by atoms with van der Waals surface area (Å²) in [4.78, 5) is 10.1. The lowest BCUT2D eigenvalue weighted by Gasteiger charge is -2.11. The summed E-state index contributed by atoms with van der Waals surface area (Å²) in [6.07, 6.45) is 0. The van der Waals surface area contributed by atoms with Crippen molar-refractivity contribution in [2.45, 2.75) is 0 Å². The highest BCUT2D eigenvalue weighted by atomic mass is 15.0. The molecule has 4 heteroatoms. The molecule has 0 bridgehead atoms. The van der Waals surface area contributed by atoms with Crippen molar-refractivity contribution in [2.75, 3.05) is 0 Å². The average molecular weight is 715 g/mol. The molecule has 0 saturated heterocycles. The van der Waals surface area contributed by atoms with Crippen LogP contribution in [0.1, 0.15) is 0 Å². The first-order valence-corrected chi connectivity index (χ1v) is 19.0. The molecule has 262 valence electrons. The molecule has 0 atom stereocenters. The Labute approximate surface area is 324 Å². The van der Waals surface area contributed by atoms with Gasteiger partial charge in [0.1, 0.15) is 0 Å². The van der Waals surface area contributed by atoms with E-state index >= 15 is 0 Å². The van der Waals surface area contributed by atoms with Gasteiger partial charge in [-0.1, -0.05) is 127 Å². The minimum absolute atomic E-state index is 0.701. The predicted octanol–water partition coefficient (Wildman–Crippen LogP) is 13.3. The number of aromatic nitrogens is 4. The smallest absolute Gasteiger partial charge is 0.160 e. The van der Waals surface area contributed by atoms with E-state index in [0.29, 0.717) is 5.82 Å². The van der Waals surface area contributed by atoms with Crippen molar-refractivity contribution in [2.24, 2.45) is 0 Å². The molecular formula is C52H34N4. The fourth-order valence-corrected chi connectivity index (χ4v) is 8.29. The van der Waals surface area contributed by atoms with Crippen LogP contribution in [0.4, 0.5) is 0 Å². The van der Waals surface area contributed by atoms with Crippen LogP contribution in [-0.2, 0) is 0 Å². The van der Waals surface area contributed by atoms with Crippen LogP contribution in [0.5, 0.6) is 0 Å². The van der Waals surface area contributed by atoms with Gasteiger partial charge in [0.25, 0.3) is 0 Å². The van der Waals surface area contributed by atoms with E-state index in [0.717, 1.165) is 39.3 Å². The molecule has 3 heterocycles. The van der Waals surface area contributed by atoms with Crippen LogP contribution < -0.4 is 0 Å². The highest BCUT2D eigenvalue weighted by molar-refractivity contribution is 6.12. The second-order valence-electron chi connectivity index (χ2n) is 14.2. The fourth-order valence-electron chi connectivity index (χ4n) is 8.29. The first kappa shape index (κ1) is 31.9. The van der Waals surface area contributed by atoms with E-state index in [2.05, 4.69) is 179 Å². The molecular weight excluding hydrogens is 681 g/mol. The van der Waals surface area contributed by atoms with Gasteiger partial charge in [0.2, 0.25) is 0 Å². The molecule has 0 amide bonds. The predicted molar refractivity (Wildman–Crippen MR) is 232 cm³/mol.